The molecule has 1 unspecified atom stereocenters. The first-order chi connectivity index (χ1) is 17.3. The lowest BCUT2D eigenvalue weighted by Gasteiger charge is -2.51. The largest absolute Gasteiger partial charge is 0.497 e. The van der Waals surface area contributed by atoms with Crippen LogP contribution < -0.4 is 4.74 Å². The number of halogens is 3. The topological polar surface area (TPSA) is 51.7 Å². The first-order valence-electron chi connectivity index (χ1n) is 12.0. The lowest BCUT2D eigenvalue weighted by Crippen LogP contribution is -2.55. The molecule has 2 bridgehead atoms. The highest BCUT2D eigenvalue weighted by atomic mass is 19.4. The van der Waals surface area contributed by atoms with E-state index < -0.39 is 23.8 Å². The first kappa shape index (κ1) is 24.3. The molecule has 36 heavy (non-hydrogen) atoms. The van der Waals surface area contributed by atoms with E-state index in [1.165, 1.54) is 0 Å². The van der Waals surface area contributed by atoms with Gasteiger partial charge in [0.15, 0.2) is 0 Å². The third-order valence-electron chi connectivity index (χ3n) is 7.47. The average molecular weight is 497 g/mol. The summed E-state index contributed by atoms with van der Waals surface area (Å²) in [6.07, 6.45) is 0.462. The Bertz CT molecular complexity index is 1280. The van der Waals surface area contributed by atoms with Gasteiger partial charge in [0.05, 0.1) is 29.8 Å². The SMILES string of the molecule is C=C[C@H]1CN2CC[C@H]1C[C@H]2[C@H](OC(=O)c1ccc(C(F)(F)F)cc1)c1ccnc2ccc(OC)cc12. The lowest BCUT2D eigenvalue weighted by atomic mass is 9.73. The van der Waals surface area contributed by atoms with E-state index in [9.17, 15) is 18.0 Å². The fourth-order valence-electron chi connectivity index (χ4n) is 5.54. The maximum Gasteiger partial charge on any atom is 0.416 e. The van der Waals surface area contributed by atoms with Crippen LogP contribution in [0.25, 0.3) is 10.9 Å². The van der Waals surface area contributed by atoms with Crippen molar-refractivity contribution in [2.75, 3.05) is 20.2 Å². The van der Waals surface area contributed by atoms with Gasteiger partial charge in [-0.1, -0.05) is 6.08 Å². The van der Waals surface area contributed by atoms with Crippen molar-refractivity contribution in [3.05, 3.63) is 84.1 Å². The minimum atomic E-state index is -4.48. The van der Waals surface area contributed by atoms with Gasteiger partial charge in [-0.15, -0.1) is 6.58 Å². The number of hydrogen-bond donors (Lipinski definition) is 0. The molecule has 0 spiro atoms. The molecule has 0 amide bonds. The molecule has 5 nitrogen and oxygen atoms in total. The van der Waals surface area contributed by atoms with Crippen LogP contribution in [0.15, 0.2) is 67.4 Å². The summed E-state index contributed by atoms with van der Waals surface area (Å²) >= 11 is 0. The number of methoxy groups -OCH3 is 1. The van der Waals surface area contributed by atoms with E-state index in [-0.39, 0.29) is 11.6 Å². The van der Waals surface area contributed by atoms with Gasteiger partial charge < -0.3 is 9.47 Å². The Labute approximate surface area is 207 Å². The highest BCUT2D eigenvalue weighted by molar-refractivity contribution is 5.90. The number of nitrogens with zero attached hydrogens (tertiary/aromatic N) is 2. The zero-order chi connectivity index (χ0) is 25.4. The molecular weight excluding hydrogens is 469 g/mol. The van der Waals surface area contributed by atoms with Crippen molar-refractivity contribution in [2.45, 2.75) is 31.2 Å². The number of alkyl halides is 3. The minimum Gasteiger partial charge on any atom is -0.497 e. The lowest BCUT2D eigenvalue weighted by molar-refractivity contribution is -0.137. The van der Waals surface area contributed by atoms with Crippen molar-refractivity contribution >= 4 is 16.9 Å². The predicted octanol–water partition coefficient (Wildman–Crippen LogP) is 6.06. The van der Waals surface area contributed by atoms with E-state index in [4.69, 9.17) is 9.47 Å². The van der Waals surface area contributed by atoms with Gasteiger partial charge in [-0.05, 0) is 79.8 Å². The van der Waals surface area contributed by atoms with E-state index in [0.717, 1.165) is 66.7 Å². The smallest absolute Gasteiger partial charge is 0.416 e. The molecular formula is C28H27F3N2O3. The zero-order valence-electron chi connectivity index (χ0n) is 19.9. The first-order valence-corrected chi connectivity index (χ1v) is 12.0. The number of esters is 1. The van der Waals surface area contributed by atoms with Gasteiger partial charge in [-0.25, -0.2) is 4.79 Å². The molecule has 5 atom stereocenters. The van der Waals surface area contributed by atoms with Gasteiger partial charge in [0, 0.05) is 23.7 Å². The number of ether oxygens (including phenoxy) is 2. The molecule has 1 aromatic heterocycles. The van der Waals surface area contributed by atoms with Crippen LogP contribution in [0.3, 0.4) is 0 Å². The molecule has 0 saturated carbocycles. The number of carbonyl (C=O) groups is 1. The summed E-state index contributed by atoms with van der Waals surface area (Å²) in [4.78, 5) is 20.0. The fraction of sp³-hybridized carbons (Fsp3) is 0.357. The van der Waals surface area contributed by atoms with E-state index in [2.05, 4.69) is 16.5 Å². The molecule has 3 aliphatic heterocycles. The molecule has 188 valence electrons. The molecule has 3 fully saturated rings. The number of rotatable bonds is 6. The van der Waals surface area contributed by atoms with Gasteiger partial charge >= 0.3 is 12.1 Å². The van der Waals surface area contributed by atoms with Crippen LogP contribution in [0.2, 0.25) is 0 Å². The van der Waals surface area contributed by atoms with Crippen LogP contribution in [0.5, 0.6) is 5.75 Å². The maximum atomic E-state index is 13.2. The summed E-state index contributed by atoms with van der Waals surface area (Å²) in [6.45, 7) is 5.71. The summed E-state index contributed by atoms with van der Waals surface area (Å²) in [5, 5.41) is 0.810. The summed E-state index contributed by atoms with van der Waals surface area (Å²) in [5.41, 5.74) is 0.800. The highest BCUT2D eigenvalue weighted by Crippen LogP contribution is 2.44. The third-order valence-corrected chi connectivity index (χ3v) is 7.47. The van der Waals surface area contributed by atoms with Gasteiger partial charge in [0.2, 0.25) is 0 Å². The van der Waals surface area contributed by atoms with Crippen molar-refractivity contribution < 1.29 is 27.4 Å². The number of benzene rings is 2. The Balaban J connectivity index is 1.53. The summed E-state index contributed by atoms with van der Waals surface area (Å²) in [7, 11) is 1.58. The van der Waals surface area contributed by atoms with E-state index in [1.807, 2.05) is 30.3 Å². The number of aromatic nitrogens is 1. The van der Waals surface area contributed by atoms with Crippen LogP contribution in [0.4, 0.5) is 13.2 Å². The molecule has 8 heteroatoms. The molecule has 0 N–H and O–H groups in total. The Morgan fingerprint density at radius 3 is 2.61 bits per heavy atom. The molecule has 3 aromatic rings. The molecule has 0 radical (unpaired) electrons. The van der Waals surface area contributed by atoms with Crippen LogP contribution in [0, 0.1) is 11.8 Å². The van der Waals surface area contributed by atoms with Gasteiger partial charge in [-0.3, -0.25) is 9.88 Å². The van der Waals surface area contributed by atoms with Crippen LogP contribution >= 0.6 is 0 Å². The van der Waals surface area contributed by atoms with Crippen LogP contribution in [0.1, 0.15) is 40.4 Å². The molecule has 6 rings (SSSR count). The second-order valence-corrected chi connectivity index (χ2v) is 9.43. The Hall–Kier alpha value is -3.39. The van der Waals surface area contributed by atoms with Crippen molar-refractivity contribution in [1.82, 2.24) is 9.88 Å². The quantitative estimate of drug-likeness (QED) is 0.307. The van der Waals surface area contributed by atoms with Gasteiger partial charge in [0.1, 0.15) is 11.9 Å². The predicted molar refractivity (Wildman–Crippen MR) is 130 cm³/mol. The summed E-state index contributed by atoms with van der Waals surface area (Å²) in [5.74, 6) is 0.814. The number of piperidine rings is 3. The molecule has 0 aliphatic carbocycles. The van der Waals surface area contributed by atoms with E-state index in [0.29, 0.717) is 17.6 Å². The number of fused-ring (bicyclic) bond motifs is 4. The molecule has 3 saturated heterocycles. The molecule has 2 aromatic carbocycles. The Kier molecular flexibility index (Phi) is 6.47. The number of hydrogen-bond acceptors (Lipinski definition) is 5. The maximum absolute atomic E-state index is 13.2. The fourth-order valence-corrected chi connectivity index (χ4v) is 5.54. The minimum absolute atomic E-state index is 0.0730. The summed E-state index contributed by atoms with van der Waals surface area (Å²) in [6, 6.07) is 11.5. The van der Waals surface area contributed by atoms with E-state index in [1.54, 1.807) is 13.3 Å². The van der Waals surface area contributed by atoms with Crippen molar-refractivity contribution in [3.8, 4) is 5.75 Å². The Morgan fingerprint density at radius 2 is 1.97 bits per heavy atom. The second-order valence-electron chi connectivity index (χ2n) is 9.43. The number of pyridine rings is 1. The third kappa shape index (κ3) is 4.57. The van der Waals surface area contributed by atoms with E-state index >= 15 is 0 Å². The highest BCUT2D eigenvalue weighted by Gasteiger charge is 2.44. The average Bonchev–Trinajstić information content (AvgIpc) is 2.90. The normalized spacial score (nSPS) is 24.3. The van der Waals surface area contributed by atoms with Crippen molar-refractivity contribution in [3.63, 3.8) is 0 Å². The van der Waals surface area contributed by atoms with Crippen molar-refractivity contribution in [2.24, 2.45) is 11.8 Å². The number of carbonyl (C=O) groups excluding carboxylic acids is 1. The van der Waals surface area contributed by atoms with Crippen LogP contribution in [-0.2, 0) is 10.9 Å². The van der Waals surface area contributed by atoms with Crippen molar-refractivity contribution in [1.29, 1.82) is 0 Å². The molecule has 4 heterocycles. The van der Waals surface area contributed by atoms with Gasteiger partial charge in [0.25, 0.3) is 0 Å². The molecule has 3 aliphatic rings. The monoisotopic (exact) mass is 496 g/mol. The zero-order valence-corrected chi connectivity index (χ0v) is 19.9. The van der Waals surface area contributed by atoms with Crippen LogP contribution in [-0.4, -0.2) is 42.1 Å². The standard InChI is InChI=1S/C28H27F3N2O3/c1-3-17-16-33-13-11-19(17)14-25(33)26(22-10-12-32-24-9-8-21(35-2)15-23(22)24)36-27(34)18-4-6-20(7-5-18)28(29,30)31/h3-10,12,15,17,19,25-26H,1,11,13-14,16H2,2H3/t17-,19-,25-,26+/m0/s1. The Morgan fingerprint density at radius 1 is 1.19 bits per heavy atom. The second kappa shape index (κ2) is 9.58. The van der Waals surface area contributed by atoms with Gasteiger partial charge in [-0.2, -0.15) is 13.2 Å². The summed E-state index contributed by atoms with van der Waals surface area (Å²) < 4.78 is 50.6.